The van der Waals surface area contributed by atoms with Crippen LogP contribution in [0.1, 0.15) is 16.0 Å². The molecule has 110 valence electrons. The Bertz CT molecular complexity index is 660. The number of hydrogen-bond donors (Lipinski definition) is 0. The molecule has 1 aliphatic rings. The van der Waals surface area contributed by atoms with Gasteiger partial charge in [-0.05, 0) is 29.3 Å². The lowest BCUT2D eigenvalue weighted by Gasteiger charge is -2.21. The van der Waals surface area contributed by atoms with Crippen molar-refractivity contribution in [2.24, 2.45) is 0 Å². The van der Waals surface area contributed by atoms with Gasteiger partial charge in [0.25, 0.3) is 0 Å². The molecule has 1 atom stereocenters. The molecule has 2 aromatic rings. The van der Waals surface area contributed by atoms with Crippen molar-refractivity contribution in [1.82, 2.24) is 0 Å². The van der Waals surface area contributed by atoms with Crippen LogP contribution in [0.4, 0.5) is 0 Å². The summed E-state index contributed by atoms with van der Waals surface area (Å²) in [5.41, 5.74) is 2.00. The van der Waals surface area contributed by atoms with Gasteiger partial charge in [0.1, 0.15) is 19.0 Å². The Labute approximate surface area is 136 Å². The first-order valence-corrected chi connectivity index (χ1v) is 7.85. The van der Waals surface area contributed by atoms with E-state index in [2.05, 4.69) is 15.9 Å². The molecule has 2 aromatic carbocycles. The molecular weight excluding hydrogens is 356 g/mol. The number of rotatable bonds is 3. The molecular formula is C16H14BrClO3. The summed E-state index contributed by atoms with van der Waals surface area (Å²) in [7, 11) is 1.65. The van der Waals surface area contributed by atoms with E-state index in [0.29, 0.717) is 24.0 Å². The highest BCUT2D eigenvalue weighted by molar-refractivity contribution is 9.09. The molecule has 1 aliphatic heterocycles. The molecule has 3 nitrogen and oxygen atoms in total. The quantitative estimate of drug-likeness (QED) is 0.740. The van der Waals surface area contributed by atoms with Gasteiger partial charge in [-0.15, -0.1) is 0 Å². The smallest absolute Gasteiger partial charge is 0.162 e. The number of fused-ring (bicyclic) bond motifs is 1. The zero-order valence-corrected chi connectivity index (χ0v) is 13.8. The van der Waals surface area contributed by atoms with Crippen LogP contribution >= 0.6 is 27.5 Å². The zero-order valence-electron chi connectivity index (χ0n) is 11.4. The Morgan fingerprint density at radius 2 is 1.86 bits per heavy atom. The van der Waals surface area contributed by atoms with E-state index in [1.54, 1.807) is 13.2 Å². The number of benzene rings is 2. The predicted molar refractivity (Wildman–Crippen MR) is 86.2 cm³/mol. The molecule has 0 fully saturated rings. The fraction of sp³-hybridized carbons (Fsp3) is 0.250. The summed E-state index contributed by atoms with van der Waals surface area (Å²) in [6.45, 7) is 1.11. The molecule has 0 N–H and O–H groups in total. The summed E-state index contributed by atoms with van der Waals surface area (Å²) in [5, 5.41) is 0.643. The SMILES string of the molecule is COc1cccc(C(Br)c2cc3c(cc2Cl)OCCO3)c1. The number of methoxy groups -OCH3 is 1. The summed E-state index contributed by atoms with van der Waals surface area (Å²) >= 11 is 10.1. The Balaban J connectivity index is 1.98. The average Bonchev–Trinajstić information content (AvgIpc) is 2.53. The van der Waals surface area contributed by atoms with Gasteiger partial charge in [0.05, 0.1) is 11.9 Å². The minimum Gasteiger partial charge on any atom is -0.497 e. The predicted octanol–water partition coefficient (Wildman–Crippen LogP) is 4.60. The van der Waals surface area contributed by atoms with E-state index < -0.39 is 0 Å². The summed E-state index contributed by atoms with van der Waals surface area (Å²) in [4.78, 5) is -0.0454. The van der Waals surface area contributed by atoms with Crippen LogP contribution in [-0.2, 0) is 0 Å². The Kier molecular flexibility index (Phi) is 4.27. The molecule has 0 radical (unpaired) electrons. The highest BCUT2D eigenvalue weighted by atomic mass is 79.9. The third kappa shape index (κ3) is 2.97. The largest absolute Gasteiger partial charge is 0.497 e. The van der Waals surface area contributed by atoms with E-state index in [0.717, 1.165) is 22.6 Å². The van der Waals surface area contributed by atoms with E-state index in [9.17, 15) is 0 Å². The average molecular weight is 370 g/mol. The van der Waals surface area contributed by atoms with Crippen molar-refractivity contribution in [3.63, 3.8) is 0 Å². The summed E-state index contributed by atoms with van der Waals surface area (Å²) in [6, 6.07) is 11.6. The third-order valence-electron chi connectivity index (χ3n) is 3.32. The number of hydrogen-bond acceptors (Lipinski definition) is 3. The van der Waals surface area contributed by atoms with E-state index in [1.165, 1.54) is 0 Å². The van der Waals surface area contributed by atoms with Crippen LogP contribution in [0.5, 0.6) is 17.2 Å². The van der Waals surface area contributed by atoms with Crippen LogP contribution in [0.25, 0.3) is 0 Å². The van der Waals surface area contributed by atoms with E-state index in [4.69, 9.17) is 25.8 Å². The van der Waals surface area contributed by atoms with Crippen LogP contribution in [0.3, 0.4) is 0 Å². The van der Waals surface area contributed by atoms with Crippen molar-refractivity contribution in [2.75, 3.05) is 20.3 Å². The number of ether oxygens (including phenoxy) is 3. The lowest BCUT2D eigenvalue weighted by atomic mass is 10.0. The molecule has 1 heterocycles. The zero-order chi connectivity index (χ0) is 14.8. The number of halogens is 2. The maximum atomic E-state index is 6.38. The van der Waals surface area contributed by atoms with Crippen LogP contribution in [-0.4, -0.2) is 20.3 Å². The van der Waals surface area contributed by atoms with Gasteiger partial charge in [-0.1, -0.05) is 39.7 Å². The standard InChI is InChI=1S/C16H14BrClO3/c1-19-11-4-2-3-10(7-11)16(17)12-8-14-15(9-13(12)18)21-6-5-20-14/h2-4,7-9,16H,5-6H2,1H3. The monoisotopic (exact) mass is 368 g/mol. The van der Waals surface area contributed by atoms with Crippen LogP contribution < -0.4 is 14.2 Å². The first kappa shape index (κ1) is 14.5. The third-order valence-corrected chi connectivity index (χ3v) is 4.67. The maximum Gasteiger partial charge on any atom is 0.162 e. The second-order valence-electron chi connectivity index (χ2n) is 4.66. The van der Waals surface area contributed by atoms with Crippen molar-refractivity contribution >= 4 is 27.5 Å². The second-order valence-corrected chi connectivity index (χ2v) is 5.98. The molecule has 5 heteroatoms. The fourth-order valence-electron chi connectivity index (χ4n) is 2.25. The molecule has 0 saturated carbocycles. The molecule has 3 rings (SSSR count). The maximum absolute atomic E-state index is 6.38. The van der Waals surface area contributed by atoms with Gasteiger partial charge in [-0.3, -0.25) is 0 Å². The van der Waals surface area contributed by atoms with Gasteiger partial charge < -0.3 is 14.2 Å². The van der Waals surface area contributed by atoms with Crippen molar-refractivity contribution in [2.45, 2.75) is 4.83 Å². The Morgan fingerprint density at radius 3 is 2.57 bits per heavy atom. The van der Waals surface area contributed by atoms with E-state index >= 15 is 0 Å². The number of alkyl halides is 1. The molecule has 0 aliphatic carbocycles. The summed E-state index contributed by atoms with van der Waals surface area (Å²) in [6.07, 6.45) is 0. The Hall–Kier alpha value is -1.39. The van der Waals surface area contributed by atoms with Crippen LogP contribution in [0.15, 0.2) is 36.4 Å². The molecule has 0 saturated heterocycles. The first-order chi connectivity index (χ1) is 10.2. The highest BCUT2D eigenvalue weighted by Crippen LogP contribution is 2.42. The molecule has 0 bridgehead atoms. The van der Waals surface area contributed by atoms with Crippen molar-refractivity contribution in [3.8, 4) is 17.2 Å². The highest BCUT2D eigenvalue weighted by Gasteiger charge is 2.20. The van der Waals surface area contributed by atoms with Crippen LogP contribution in [0, 0.1) is 0 Å². The molecule has 0 aromatic heterocycles. The topological polar surface area (TPSA) is 27.7 Å². The fourth-order valence-corrected chi connectivity index (χ4v) is 3.31. The lowest BCUT2D eigenvalue weighted by molar-refractivity contribution is 0.171. The van der Waals surface area contributed by atoms with Gasteiger partial charge in [0, 0.05) is 11.1 Å². The molecule has 21 heavy (non-hydrogen) atoms. The second kappa shape index (κ2) is 6.16. The van der Waals surface area contributed by atoms with Gasteiger partial charge >= 0.3 is 0 Å². The van der Waals surface area contributed by atoms with Gasteiger partial charge in [0.2, 0.25) is 0 Å². The van der Waals surface area contributed by atoms with Crippen LogP contribution in [0.2, 0.25) is 5.02 Å². The van der Waals surface area contributed by atoms with Gasteiger partial charge in [-0.25, -0.2) is 0 Å². The molecule has 0 spiro atoms. The minimum atomic E-state index is -0.0454. The summed E-state index contributed by atoms with van der Waals surface area (Å²) < 4.78 is 16.4. The lowest BCUT2D eigenvalue weighted by Crippen LogP contribution is -2.15. The van der Waals surface area contributed by atoms with Crippen molar-refractivity contribution in [3.05, 3.63) is 52.5 Å². The van der Waals surface area contributed by atoms with E-state index in [1.807, 2.05) is 30.3 Å². The van der Waals surface area contributed by atoms with Crippen molar-refractivity contribution < 1.29 is 14.2 Å². The van der Waals surface area contributed by atoms with E-state index in [-0.39, 0.29) is 4.83 Å². The van der Waals surface area contributed by atoms with Gasteiger partial charge in [0.15, 0.2) is 11.5 Å². The van der Waals surface area contributed by atoms with Gasteiger partial charge in [-0.2, -0.15) is 0 Å². The molecule has 1 unspecified atom stereocenters. The first-order valence-electron chi connectivity index (χ1n) is 6.56. The normalized spacial score (nSPS) is 14.6. The Morgan fingerprint density at radius 1 is 1.14 bits per heavy atom. The van der Waals surface area contributed by atoms with Crippen molar-refractivity contribution in [1.29, 1.82) is 0 Å². The summed E-state index contributed by atoms with van der Waals surface area (Å²) in [5.74, 6) is 2.24. The minimum absolute atomic E-state index is 0.0454. The molecule has 0 amide bonds.